The van der Waals surface area contributed by atoms with E-state index in [2.05, 4.69) is 0 Å². The maximum absolute atomic E-state index is 12.3. The van der Waals surface area contributed by atoms with Gasteiger partial charge in [-0.15, -0.1) is 0 Å². The number of carbonyl (C=O) groups is 2. The predicted octanol–water partition coefficient (Wildman–Crippen LogP) is 3.91. The third-order valence-electron chi connectivity index (χ3n) is 4.51. The largest absolute Gasteiger partial charge is 0.454 e. The van der Waals surface area contributed by atoms with E-state index in [0.29, 0.717) is 11.1 Å². The smallest absolute Gasteiger partial charge is 0.331 e. The molecule has 27 heavy (non-hydrogen) atoms. The van der Waals surface area contributed by atoms with Gasteiger partial charge in [-0.3, -0.25) is 14.9 Å². The van der Waals surface area contributed by atoms with Crippen molar-refractivity contribution in [3.63, 3.8) is 0 Å². The fraction of sp³-hybridized carbons (Fsp3) is 0.238. The zero-order valence-electron chi connectivity index (χ0n) is 14.7. The lowest BCUT2D eigenvalue weighted by atomic mass is 9.90. The van der Waals surface area contributed by atoms with Crippen LogP contribution in [0.2, 0.25) is 0 Å². The Labute approximate surface area is 156 Å². The molecule has 0 saturated heterocycles. The number of ether oxygens (including phenoxy) is 1. The van der Waals surface area contributed by atoms with Crippen molar-refractivity contribution in [2.45, 2.75) is 25.7 Å². The van der Waals surface area contributed by atoms with Gasteiger partial charge in [0.15, 0.2) is 12.4 Å². The van der Waals surface area contributed by atoms with Gasteiger partial charge in [-0.1, -0.05) is 24.3 Å². The highest BCUT2D eigenvalue weighted by Crippen LogP contribution is 2.22. The predicted molar refractivity (Wildman–Crippen MR) is 101 cm³/mol. The summed E-state index contributed by atoms with van der Waals surface area (Å²) in [7, 11) is 0. The number of esters is 1. The van der Waals surface area contributed by atoms with E-state index in [-0.39, 0.29) is 18.1 Å². The van der Waals surface area contributed by atoms with E-state index in [1.165, 1.54) is 41.8 Å². The molecule has 0 atom stereocenters. The average molecular weight is 365 g/mol. The lowest BCUT2D eigenvalue weighted by Gasteiger charge is -2.16. The molecule has 0 radical (unpaired) electrons. The summed E-state index contributed by atoms with van der Waals surface area (Å²) in [5.74, 6) is -0.923. The van der Waals surface area contributed by atoms with Crippen molar-refractivity contribution in [1.29, 1.82) is 0 Å². The van der Waals surface area contributed by atoms with Crippen LogP contribution in [0.25, 0.3) is 6.08 Å². The molecule has 6 heteroatoms. The second-order valence-electron chi connectivity index (χ2n) is 6.41. The molecule has 1 aliphatic rings. The second-order valence-corrected chi connectivity index (χ2v) is 6.41. The van der Waals surface area contributed by atoms with Gasteiger partial charge in [0.05, 0.1) is 4.92 Å². The topological polar surface area (TPSA) is 86.5 Å². The van der Waals surface area contributed by atoms with Gasteiger partial charge in [0.1, 0.15) is 0 Å². The van der Waals surface area contributed by atoms with Gasteiger partial charge < -0.3 is 4.74 Å². The van der Waals surface area contributed by atoms with Crippen LogP contribution in [0.15, 0.2) is 48.5 Å². The number of ketones is 1. The number of Topliss-reactive ketones (excluding diaryl/α,β-unsaturated/α-hetero) is 1. The highest BCUT2D eigenvalue weighted by atomic mass is 16.6. The lowest BCUT2D eigenvalue weighted by Crippen LogP contribution is -2.13. The summed E-state index contributed by atoms with van der Waals surface area (Å²) < 4.78 is 4.99. The third kappa shape index (κ3) is 4.88. The van der Waals surface area contributed by atoms with Gasteiger partial charge in [-0.05, 0) is 54.5 Å². The van der Waals surface area contributed by atoms with Crippen molar-refractivity contribution in [1.82, 2.24) is 0 Å². The Hall–Kier alpha value is -3.28. The monoisotopic (exact) mass is 365 g/mol. The first-order valence-corrected chi connectivity index (χ1v) is 8.77. The molecule has 2 aromatic carbocycles. The number of fused-ring (bicyclic) bond motifs is 1. The van der Waals surface area contributed by atoms with Gasteiger partial charge in [0.25, 0.3) is 5.69 Å². The number of nitrogens with zero attached hydrogens (tertiary/aromatic N) is 1. The molecule has 0 heterocycles. The molecule has 0 N–H and O–H groups in total. The summed E-state index contributed by atoms with van der Waals surface area (Å²) in [6, 6.07) is 11.5. The van der Waals surface area contributed by atoms with Crippen molar-refractivity contribution in [2.75, 3.05) is 6.61 Å². The van der Waals surface area contributed by atoms with Crippen LogP contribution in [0.4, 0.5) is 5.69 Å². The SMILES string of the molecule is O=C(/C=C/c1cccc([N+](=O)[O-])c1)OCC(=O)c1ccc2c(c1)CCCC2. The van der Waals surface area contributed by atoms with Crippen LogP contribution in [0, 0.1) is 10.1 Å². The zero-order chi connectivity index (χ0) is 19.2. The first-order chi connectivity index (χ1) is 13.0. The molecule has 0 amide bonds. The summed E-state index contributed by atoms with van der Waals surface area (Å²) in [4.78, 5) is 34.3. The van der Waals surface area contributed by atoms with Crippen LogP contribution in [0.5, 0.6) is 0 Å². The molecule has 0 bridgehead atoms. The molecule has 0 aromatic heterocycles. The Morgan fingerprint density at radius 2 is 1.85 bits per heavy atom. The molecular formula is C21H19NO5. The average Bonchev–Trinajstić information content (AvgIpc) is 2.70. The van der Waals surface area contributed by atoms with Crippen LogP contribution in [-0.2, 0) is 22.4 Å². The van der Waals surface area contributed by atoms with Crippen molar-refractivity contribution in [2.24, 2.45) is 0 Å². The Bertz CT molecular complexity index is 917. The number of aryl methyl sites for hydroxylation is 2. The summed E-state index contributed by atoms with van der Waals surface area (Å²) in [5.41, 5.74) is 3.47. The molecule has 6 nitrogen and oxygen atoms in total. The zero-order valence-corrected chi connectivity index (χ0v) is 14.7. The fourth-order valence-electron chi connectivity index (χ4n) is 3.08. The van der Waals surface area contributed by atoms with Gasteiger partial charge in [-0.2, -0.15) is 0 Å². The van der Waals surface area contributed by atoms with Crippen molar-refractivity contribution in [3.05, 3.63) is 80.9 Å². The molecule has 1 aliphatic carbocycles. The maximum atomic E-state index is 12.3. The van der Waals surface area contributed by atoms with Gasteiger partial charge in [-0.25, -0.2) is 4.79 Å². The lowest BCUT2D eigenvalue weighted by molar-refractivity contribution is -0.384. The highest BCUT2D eigenvalue weighted by molar-refractivity contribution is 5.99. The first kappa shape index (κ1) is 18.5. The normalized spacial score (nSPS) is 13.2. The molecule has 0 fully saturated rings. The van der Waals surface area contributed by atoms with E-state index in [9.17, 15) is 19.7 Å². The number of benzene rings is 2. The van der Waals surface area contributed by atoms with Crippen LogP contribution in [0.3, 0.4) is 0 Å². The van der Waals surface area contributed by atoms with E-state index >= 15 is 0 Å². The first-order valence-electron chi connectivity index (χ1n) is 8.77. The Balaban J connectivity index is 1.56. The Kier molecular flexibility index (Phi) is 5.76. The van der Waals surface area contributed by atoms with Crippen molar-refractivity contribution in [3.8, 4) is 0 Å². The second kappa shape index (κ2) is 8.40. The molecule has 3 rings (SSSR count). The molecular weight excluding hydrogens is 346 g/mol. The fourth-order valence-corrected chi connectivity index (χ4v) is 3.08. The molecule has 0 aliphatic heterocycles. The van der Waals surface area contributed by atoms with E-state index in [0.717, 1.165) is 25.3 Å². The minimum Gasteiger partial charge on any atom is -0.454 e. The molecule has 138 valence electrons. The number of hydrogen-bond donors (Lipinski definition) is 0. The summed E-state index contributed by atoms with van der Waals surface area (Å²) in [6.45, 7) is -0.336. The van der Waals surface area contributed by atoms with E-state index in [1.807, 2.05) is 12.1 Å². The quantitative estimate of drug-likeness (QED) is 0.255. The number of nitro groups is 1. The number of carbonyl (C=O) groups excluding carboxylic acids is 2. The maximum Gasteiger partial charge on any atom is 0.331 e. The van der Waals surface area contributed by atoms with Crippen molar-refractivity contribution >= 4 is 23.5 Å². The van der Waals surface area contributed by atoms with Crippen molar-refractivity contribution < 1.29 is 19.2 Å². The minimum atomic E-state index is -0.673. The standard InChI is InChI=1S/C21H19NO5/c23-20(18-10-9-16-5-1-2-6-17(16)13-18)14-27-21(24)11-8-15-4-3-7-19(12-15)22(25)26/h3-4,7-13H,1-2,5-6,14H2/b11-8+. The number of rotatable bonds is 6. The number of hydrogen-bond acceptors (Lipinski definition) is 5. The summed E-state index contributed by atoms with van der Waals surface area (Å²) >= 11 is 0. The molecule has 0 spiro atoms. The number of non-ortho nitro benzene ring substituents is 1. The molecule has 2 aromatic rings. The van der Waals surface area contributed by atoms with Crippen LogP contribution in [0.1, 0.15) is 39.9 Å². The molecule has 0 saturated carbocycles. The van der Waals surface area contributed by atoms with Gasteiger partial charge in [0, 0.05) is 23.8 Å². The van der Waals surface area contributed by atoms with E-state index in [4.69, 9.17) is 4.74 Å². The van der Waals surface area contributed by atoms with Crippen LogP contribution < -0.4 is 0 Å². The Morgan fingerprint density at radius 3 is 2.63 bits per heavy atom. The van der Waals surface area contributed by atoms with E-state index < -0.39 is 10.9 Å². The summed E-state index contributed by atoms with van der Waals surface area (Å²) in [6.07, 6.45) is 6.89. The van der Waals surface area contributed by atoms with E-state index in [1.54, 1.807) is 12.1 Å². The third-order valence-corrected chi connectivity index (χ3v) is 4.51. The summed E-state index contributed by atoms with van der Waals surface area (Å²) in [5, 5.41) is 10.7. The molecule has 0 unspecified atom stereocenters. The van der Waals surface area contributed by atoms with Gasteiger partial charge in [0.2, 0.25) is 0 Å². The minimum absolute atomic E-state index is 0.0619. The highest BCUT2D eigenvalue weighted by Gasteiger charge is 2.14. The van der Waals surface area contributed by atoms with Gasteiger partial charge >= 0.3 is 5.97 Å². The van der Waals surface area contributed by atoms with Crippen LogP contribution >= 0.6 is 0 Å². The Morgan fingerprint density at radius 1 is 1.07 bits per heavy atom. The number of nitro benzene ring substituents is 1. The van der Waals surface area contributed by atoms with Crippen LogP contribution in [-0.4, -0.2) is 23.3 Å².